The van der Waals surface area contributed by atoms with Gasteiger partial charge < -0.3 is 0 Å². The molecule has 0 saturated heterocycles. The summed E-state index contributed by atoms with van der Waals surface area (Å²) in [6.45, 7) is 2.07. The number of aliphatic hydroxyl groups excluding tert-OH is 1. The fourth-order valence-corrected chi connectivity index (χ4v) is 7.47. The minimum absolute atomic E-state index is 0.129. The maximum atomic E-state index is 11.2. The van der Waals surface area contributed by atoms with E-state index in [2.05, 4.69) is 31.2 Å². The van der Waals surface area contributed by atoms with Gasteiger partial charge >= 0.3 is 154 Å². The minimum atomic E-state index is -3.63. The molecule has 0 saturated carbocycles. The molecule has 0 radical (unpaired) electrons. The van der Waals surface area contributed by atoms with Crippen molar-refractivity contribution in [3.05, 3.63) is 54.1 Å². The molecule has 0 aromatic heterocycles. The molecule has 2 aromatic carbocycles. The number of benzene rings is 2. The predicted octanol–water partition coefficient (Wildman–Crippen LogP) is 0.199. The number of primary sulfonamides is 1. The second-order valence-corrected chi connectivity index (χ2v) is 12.1. The van der Waals surface area contributed by atoms with Crippen molar-refractivity contribution in [2.45, 2.75) is 27.7 Å². The van der Waals surface area contributed by atoms with Crippen LogP contribution in [-0.4, -0.2) is 55.5 Å². The van der Waals surface area contributed by atoms with Gasteiger partial charge in [-0.1, -0.05) is 0 Å². The number of aliphatic hydroxyl groups is 1. The first-order valence-electron chi connectivity index (χ1n) is 6.98. The molecule has 0 aliphatic rings. The van der Waals surface area contributed by atoms with Gasteiger partial charge in [0.15, 0.2) is 0 Å². The molecule has 1 unspecified atom stereocenters. The van der Waals surface area contributed by atoms with E-state index < -0.39 is 10.0 Å². The zero-order chi connectivity index (χ0) is 16.9. The van der Waals surface area contributed by atoms with Crippen LogP contribution in [0.25, 0.3) is 0 Å². The molecule has 4 nitrogen and oxygen atoms in total. The van der Waals surface area contributed by atoms with Crippen molar-refractivity contribution < 1.29 is 13.5 Å². The summed E-state index contributed by atoms with van der Waals surface area (Å²) < 4.78 is 25.7. The third kappa shape index (κ3) is 6.56. The molecule has 0 aliphatic heterocycles. The first-order valence-corrected chi connectivity index (χ1v) is 13.4. The molecule has 23 heavy (non-hydrogen) atoms. The van der Waals surface area contributed by atoms with Gasteiger partial charge in [-0.2, -0.15) is 0 Å². The molecule has 7 heteroatoms. The van der Waals surface area contributed by atoms with Gasteiger partial charge in [0.1, 0.15) is 0 Å². The van der Waals surface area contributed by atoms with Crippen LogP contribution in [0, 0.1) is 6.92 Å². The normalized spacial score (nSPS) is 13.0. The summed E-state index contributed by atoms with van der Waals surface area (Å²) in [6, 6.07) is 15.2. The zero-order valence-electron chi connectivity index (χ0n) is 12.7. The monoisotopic (exact) mass is 515 g/mol. The number of aryl methyl sites for hydroxylation is 1. The van der Waals surface area contributed by atoms with Crippen LogP contribution in [0.3, 0.4) is 0 Å². The van der Waals surface area contributed by atoms with E-state index in [9.17, 15) is 13.5 Å². The maximum absolute atomic E-state index is 11.2. The fraction of sp³-hybridized carbons (Fsp3) is 0.250. The quantitative estimate of drug-likeness (QED) is 0.521. The molecular formula is C16H19NO3SSeTe. The van der Waals surface area contributed by atoms with E-state index in [4.69, 9.17) is 5.14 Å². The number of hydrogen-bond acceptors (Lipinski definition) is 3. The molecule has 1 atom stereocenters. The Bertz CT molecular complexity index is 733. The van der Waals surface area contributed by atoms with Gasteiger partial charge in [0.2, 0.25) is 0 Å². The van der Waals surface area contributed by atoms with E-state index >= 15 is 0 Å². The Balaban J connectivity index is 1.80. The Morgan fingerprint density at radius 2 is 1.74 bits per heavy atom. The van der Waals surface area contributed by atoms with Crippen molar-refractivity contribution in [3.63, 3.8) is 0 Å². The Hall–Kier alpha value is -0.381. The summed E-state index contributed by atoms with van der Waals surface area (Å²) in [5.41, 5.74) is 1.26. The zero-order valence-corrected chi connectivity index (χ0v) is 17.5. The van der Waals surface area contributed by atoms with Crippen molar-refractivity contribution >= 4 is 54.0 Å². The van der Waals surface area contributed by atoms with E-state index in [0.717, 1.165) is 14.2 Å². The Kier molecular flexibility index (Phi) is 7.12. The summed E-state index contributed by atoms with van der Waals surface area (Å²) in [6.07, 6.45) is -0.281. The fourth-order valence-electron chi connectivity index (χ4n) is 1.79. The number of nitrogens with two attached hydrogens (primary N) is 1. The van der Waals surface area contributed by atoms with E-state index in [-0.39, 0.29) is 46.9 Å². The molecule has 0 fully saturated rings. The summed E-state index contributed by atoms with van der Waals surface area (Å²) >= 11 is -0.217. The molecule has 0 bridgehead atoms. The van der Waals surface area contributed by atoms with Gasteiger partial charge in [-0.25, -0.2) is 0 Å². The second-order valence-electron chi connectivity index (χ2n) is 5.11. The van der Waals surface area contributed by atoms with Gasteiger partial charge in [0.05, 0.1) is 0 Å². The van der Waals surface area contributed by atoms with Crippen LogP contribution in [0.4, 0.5) is 0 Å². The van der Waals surface area contributed by atoms with Crippen LogP contribution in [0.2, 0.25) is 9.79 Å². The molecule has 3 N–H and O–H groups in total. The van der Waals surface area contributed by atoms with Crippen LogP contribution in [0.15, 0.2) is 53.4 Å². The summed E-state index contributed by atoms with van der Waals surface area (Å²) in [5.74, 6) is 0. The van der Waals surface area contributed by atoms with Crippen molar-refractivity contribution in [1.82, 2.24) is 0 Å². The first-order chi connectivity index (χ1) is 10.8. The van der Waals surface area contributed by atoms with Gasteiger partial charge in [-0.3, -0.25) is 0 Å². The van der Waals surface area contributed by atoms with Crippen LogP contribution < -0.4 is 13.2 Å². The molecule has 0 spiro atoms. The van der Waals surface area contributed by atoms with Crippen LogP contribution in [0.1, 0.15) is 5.56 Å². The van der Waals surface area contributed by atoms with E-state index in [1.165, 1.54) is 21.3 Å². The standard InChI is InChI=1S/C16H19NO3SSeTe/c1-12-2-8-16(9-3-12)23-11-13(18)10-22-15-6-4-14(5-7-15)21(17,19)20/h2-9,13,18H,10-11H2,1H3,(H2,17,19,20). The van der Waals surface area contributed by atoms with E-state index in [1.807, 2.05) is 0 Å². The topological polar surface area (TPSA) is 80.4 Å². The van der Waals surface area contributed by atoms with Crippen LogP contribution >= 0.6 is 0 Å². The average molecular weight is 512 g/mol. The number of hydrogen-bond donors (Lipinski definition) is 2. The Morgan fingerprint density at radius 3 is 2.30 bits per heavy atom. The van der Waals surface area contributed by atoms with Crippen molar-refractivity contribution in [3.8, 4) is 0 Å². The Labute approximate surface area is 153 Å². The van der Waals surface area contributed by atoms with Crippen LogP contribution in [0.5, 0.6) is 0 Å². The molecule has 0 amide bonds. The van der Waals surface area contributed by atoms with Crippen molar-refractivity contribution in [2.75, 3.05) is 0 Å². The van der Waals surface area contributed by atoms with Crippen molar-refractivity contribution in [2.24, 2.45) is 5.14 Å². The molecule has 2 aromatic rings. The third-order valence-corrected chi connectivity index (χ3v) is 9.72. The summed E-state index contributed by atoms with van der Waals surface area (Å²) in [5, 5.41) is 16.0. The van der Waals surface area contributed by atoms with Gasteiger partial charge in [0, 0.05) is 0 Å². The van der Waals surface area contributed by atoms with Crippen LogP contribution in [-0.2, 0) is 10.0 Å². The van der Waals surface area contributed by atoms with Gasteiger partial charge in [-0.15, -0.1) is 0 Å². The van der Waals surface area contributed by atoms with E-state index in [0.29, 0.717) is 0 Å². The SMILES string of the molecule is Cc1ccc([Te]CC(O)C[Se]c2ccc(S(N)(=O)=O)cc2)cc1. The first kappa shape index (κ1) is 19.0. The van der Waals surface area contributed by atoms with Gasteiger partial charge in [-0.05, 0) is 0 Å². The predicted molar refractivity (Wildman–Crippen MR) is 95.4 cm³/mol. The van der Waals surface area contributed by atoms with Crippen molar-refractivity contribution in [1.29, 1.82) is 0 Å². The molecular weight excluding hydrogens is 493 g/mol. The molecule has 0 aliphatic carbocycles. The average Bonchev–Trinajstić information content (AvgIpc) is 2.52. The summed E-state index contributed by atoms with van der Waals surface area (Å²) in [4.78, 5) is 0.129. The second kappa shape index (κ2) is 8.64. The summed E-state index contributed by atoms with van der Waals surface area (Å²) in [7, 11) is -3.63. The number of rotatable bonds is 7. The Morgan fingerprint density at radius 1 is 1.13 bits per heavy atom. The molecule has 2 rings (SSSR count). The van der Waals surface area contributed by atoms with Gasteiger partial charge in [0.25, 0.3) is 0 Å². The molecule has 0 heterocycles. The number of sulfonamides is 1. The molecule has 124 valence electrons. The van der Waals surface area contributed by atoms with E-state index in [1.54, 1.807) is 12.1 Å². The third-order valence-electron chi connectivity index (χ3n) is 3.06.